The number of piperidine rings is 1. The van der Waals surface area contributed by atoms with E-state index in [2.05, 4.69) is 37.4 Å². The van der Waals surface area contributed by atoms with E-state index in [1.54, 1.807) is 0 Å². The Morgan fingerprint density at radius 3 is 2.33 bits per heavy atom. The summed E-state index contributed by atoms with van der Waals surface area (Å²) in [5, 5.41) is 0. The zero-order valence-electron chi connectivity index (χ0n) is 14.8. The number of carbonyl (C=O) groups is 1. The summed E-state index contributed by atoms with van der Waals surface area (Å²) in [4.78, 5) is 12.3. The van der Waals surface area contributed by atoms with Crippen LogP contribution >= 0.6 is 17.0 Å². The van der Waals surface area contributed by atoms with Crippen molar-refractivity contribution in [2.75, 3.05) is 26.7 Å². The van der Waals surface area contributed by atoms with Gasteiger partial charge in [-0.2, -0.15) is 0 Å². The molecule has 3 rings (SSSR count). The van der Waals surface area contributed by atoms with Crippen molar-refractivity contribution in [3.63, 3.8) is 0 Å². The van der Waals surface area contributed by atoms with E-state index in [-0.39, 0.29) is 28.9 Å². The zero-order valence-corrected chi connectivity index (χ0v) is 16.5. The molecule has 1 saturated carbocycles. The molecule has 0 N–H and O–H groups in total. The molecule has 4 heteroatoms. The van der Waals surface area contributed by atoms with Crippen LogP contribution in [0.4, 0.5) is 0 Å². The molecule has 0 radical (unpaired) electrons. The van der Waals surface area contributed by atoms with Crippen LogP contribution in [0.1, 0.15) is 44.1 Å². The van der Waals surface area contributed by atoms with Crippen LogP contribution in [-0.4, -0.2) is 37.2 Å². The van der Waals surface area contributed by atoms with E-state index in [1.165, 1.54) is 31.2 Å². The van der Waals surface area contributed by atoms with Gasteiger partial charge in [0.05, 0.1) is 32.7 Å². The van der Waals surface area contributed by atoms with Gasteiger partial charge < -0.3 is 9.22 Å². The lowest BCUT2D eigenvalue weighted by molar-refractivity contribution is -0.927. The molecule has 0 aromatic heterocycles. The number of hydrogen-bond acceptors (Lipinski definition) is 2. The molecule has 1 aromatic rings. The van der Waals surface area contributed by atoms with Crippen LogP contribution < -0.4 is 0 Å². The smallest absolute Gasteiger partial charge is 0.309 e. The predicted octanol–water partition coefficient (Wildman–Crippen LogP) is 4.35. The van der Waals surface area contributed by atoms with E-state index in [0.29, 0.717) is 12.5 Å². The minimum Gasteiger partial charge on any atom is -0.465 e. The molecular formula is C20H31BrNO2+. The average Bonchev–Trinajstić information content (AvgIpc) is 3.07. The summed E-state index contributed by atoms with van der Waals surface area (Å²) in [6, 6.07) is 10.7. The molecule has 0 atom stereocenters. The summed E-state index contributed by atoms with van der Waals surface area (Å²) < 4.78 is 6.64. The van der Waals surface area contributed by atoms with Gasteiger partial charge in [-0.3, -0.25) is 4.79 Å². The first-order valence-corrected chi connectivity index (χ1v) is 9.19. The molecule has 0 bridgehead atoms. The van der Waals surface area contributed by atoms with Crippen molar-refractivity contribution in [3.8, 4) is 0 Å². The fourth-order valence-corrected chi connectivity index (χ4v) is 4.10. The number of ether oxygens (including phenoxy) is 1. The molecule has 134 valence electrons. The largest absolute Gasteiger partial charge is 0.465 e. The molecule has 1 aliphatic heterocycles. The first-order valence-electron chi connectivity index (χ1n) is 9.19. The second-order valence-electron chi connectivity index (χ2n) is 7.77. The number of rotatable bonds is 5. The number of likely N-dealkylation sites (tertiary alicyclic amines) is 1. The summed E-state index contributed by atoms with van der Waals surface area (Å²) in [7, 11) is 2.31. The highest BCUT2D eigenvalue weighted by atomic mass is 79.9. The highest BCUT2D eigenvalue weighted by molar-refractivity contribution is 8.93. The van der Waals surface area contributed by atoms with Crippen molar-refractivity contribution in [1.29, 1.82) is 0 Å². The quantitative estimate of drug-likeness (QED) is 0.545. The van der Waals surface area contributed by atoms with E-state index < -0.39 is 0 Å². The van der Waals surface area contributed by atoms with Crippen molar-refractivity contribution in [1.82, 2.24) is 0 Å². The van der Waals surface area contributed by atoms with Crippen molar-refractivity contribution >= 4 is 23.0 Å². The SMILES string of the molecule is Br.C[N+]1(Cc2ccccc2)CCC(C(=O)OCC2CCCC2)CC1. The lowest BCUT2D eigenvalue weighted by Crippen LogP contribution is -2.50. The molecule has 1 aliphatic carbocycles. The van der Waals surface area contributed by atoms with Crippen molar-refractivity contribution in [3.05, 3.63) is 35.9 Å². The molecule has 0 unspecified atom stereocenters. The molecule has 2 aliphatic rings. The van der Waals surface area contributed by atoms with Crippen molar-refractivity contribution in [2.45, 2.75) is 45.1 Å². The van der Waals surface area contributed by atoms with Crippen LogP contribution in [-0.2, 0) is 16.1 Å². The third-order valence-electron chi connectivity index (χ3n) is 5.71. The fraction of sp³-hybridized carbons (Fsp3) is 0.650. The number of benzene rings is 1. The Kier molecular flexibility index (Phi) is 7.30. The van der Waals surface area contributed by atoms with Gasteiger partial charge >= 0.3 is 5.97 Å². The highest BCUT2D eigenvalue weighted by Gasteiger charge is 2.34. The zero-order chi connectivity index (χ0) is 16.1. The molecule has 1 aromatic carbocycles. The number of esters is 1. The van der Waals surface area contributed by atoms with Crippen molar-refractivity contribution in [2.24, 2.45) is 11.8 Å². The molecule has 24 heavy (non-hydrogen) atoms. The second kappa shape index (κ2) is 9.00. The summed E-state index contributed by atoms with van der Waals surface area (Å²) in [6.07, 6.45) is 7.02. The Morgan fingerprint density at radius 2 is 1.71 bits per heavy atom. The number of halogens is 1. The van der Waals surface area contributed by atoms with Crippen LogP contribution in [0.2, 0.25) is 0 Å². The van der Waals surface area contributed by atoms with Gasteiger partial charge in [-0.05, 0) is 18.8 Å². The third kappa shape index (κ3) is 5.32. The predicted molar refractivity (Wildman–Crippen MR) is 102 cm³/mol. The summed E-state index contributed by atoms with van der Waals surface area (Å²) in [6.45, 7) is 3.85. The topological polar surface area (TPSA) is 26.3 Å². The van der Waals surface area contributed by atoms with Gasteiger partial charge in [-0.1, -0.05) is 43.2 Å². The molecule has 0 amide bonds. The normalized spacial score (nSPS) is 27.5. The van der Waals surface area contributed by atoms with Gasteiger partial charge in [-0.15, -0.1) is 17.0 Å². The van der Waals surface area contributed by atoms with Crippen LogP contribution in [0.5, 0.6) is 0 Å². The van der Waals surface area contributed by atoms with Crippen molar-refractivity contribution < 1.29 is 14.0 Å². The van der Waals surface area contributed by atoms with Crippen LogP contribution in [0.25, 0.3) is 0 Å². The maximum atomic E-state index is 12.3. The summed E-state index contributed by atoms with van der Waals surface area (Å²) in [5.74, 6) is 0.808. The van der Waals surface area contributed by atoms with Gasteiger partial charge in [-0.25, -0.2) is 0 Å². The van der Waals surface area contributed by atoms with E-state index in [4.69, 9.17) is 4.74 Å². The first kappa shape index (κ1) is 19.5. The van der Waals surface area contributed by atoms with Crippen LogP contribution in [0.3, 0.4) is 0 Å². The first-order chi connectivity index (χ1) is 11.1. The number of nitrogens with zero attached hydrogens (tertiary/aromatic N) is 1. The minimum atomic E-state index is 0. The van der Waals surface area contributed by atoms with Gasteiger partial charge in [0.2, 0.25) is 0 Å². The monoisotopic (exact) mass is 396 g/mol. The summed E-state index contributed by atoms with van der Waals surface area (Å²) >= 11 is 0. The second-order valence-corrected chi connectivity index (χ2v) is 7.77. The highest BCUT2D eigenvalue weighted by Crippen LogP contribution is 2.28. The Morgan fingerprint density at radius 1 is 1.08 bits per heavy atom. The number of quaternary nitrogens is 1. The standard InChI is InChI=1S/C20H30NO2.BrH/c1-21(15-17-7-3-2-4-8-17)13-11-19(12-14-21)20(22)23-16-18-9-5-6-10-18;/h2-4,7-8,18-19H,5-6,9-16H2,1H3;1H/q+1;. The van der Waals surface area contributed by atoms with E-state index >= 15 is 0 Å². The van der Waals surface area contributed by atoms with Crippen LogP contribution in [0, 0.1) is 11.8 Å². The number of hydrogen-bond donors (Lipinski definition) is 0. The maximum absolute atomic E-state index is 12.3. The molecule has 2 fully saturated rings. The Balaban J connectivity index is 0.00000208. The van der Waals surface area contributed by atoms with Gasteiger partial charge in [0.25, 0.3) is 0 Å². The summed E-state index contributed by atoms with van der Waals surface area (Å²) in [5.41, 5.74) is 1.39. The van der Waals surface area contributed by atoms with E-state index in [1.807, 2.05) is 0 Å². The lowest BCUT2D eigenvalue weighted by atomic mass is 9.94. The van der Waals surface area contributed by atoms with E-state index in [9.17, 15) is 4.79 Å². The van der Waals surface area contributed by atoms with E-state index in [0.717, 1.165) is 37.0 Å². The minimum absolute atomic E-state index is 0. The van der Waals surface area contributed by atoms with Gasteiger partial charge in [0.15, 0.2) is 0 Å². The molecule has 3 nitrogen and oxygen atoms in total. The van der Waals surface area contributed by atoms with Gasteiger partial charge in [0, 0.05) is 18.4 Å². The Hall–Kier alpha value is -0.870. The fourth-order valence-electron chi connectivity index (χ4n) is 4.10. The molecule has 0 spiro atoms. The molecular weight excluding hydrogens is 366 g/mol. The van der Waals surface area contributed by atoms with Crippen LogP contribution in [0.15, 0.2) is 30.3 Å². The molecule has 1 saturated heterocycles. The maximum Gasteiger partial charge on any atom is 0.309 e. The lowest BCUT2D eigenvalue weighted by Gasteiger charge is -2.40. The Bertz CT molecular complexity index is 506. The molecule has 1 heterocycles. The number of carbonyl (C=O) groups excluding carboxylic acids is 1. The third-order valence-corrected chi connectivity index (χ3v) is 5.71. The van der Waals surface area contributed by atoms with Gasteiger partial charge in [0.1, 0.15) is 6.54 Å². The Labute approximate surface area is 156 Å². The average molecular weight is 397 g/mol.